The van der Waals surface area contributed by atoms with Crippen molar-refractivity contribution in [1.29, 1.82) is 0 Å². The molecule has 0 amide bonds. The van der Waals surface area contributed by atoms with Crippen molar-refractivity contribution in [2.75, 3.05) is 19.0 Å². The highest BCUT2D eigenvalue weighted by molar-refractivity contribution is 5.48. The van der Waals surface area contributed by atoms with Crippen LogP contribution in [0.3, 0.4) is 0 Å². The first-order chi connectivity index (χ1) is 10.1. The van der Waals surface area contributed by atoms with Crippen LogP contribution in [0.1, 0.15) is 41.1 Å². The van der Waals surface area contributed by atoms with Crippen LogP contribution in [0.15, 0.2) is 42.5 Å². The van der Waals surface area contributed by atoms with E-state index in [4.69, 9.17) is 5.73 Å². The molecule has 21 heavy (non-hydrogen) atoms. The molecule has 2 aromatic rings. The van der Waals surface area contributed by atoms with E-state index in [9.17, 15) is 0 Å². The summed E-state index contributed by atoms with van der Waals surface area (Å²) in [7, 11) is 4.11. The summed E-state index contributed by atoms with van der Waals surface area (Å²) in [6.07, 6.45) is 5.06. The third kappa shape index (κ3) is 2.96. The monoisotopic (exact) mass is 280 g/mol. The first kappa shape index (κ1) is 14.2. The second-order valence-corrected chi connectivity index (χ2v) is 6.20. The standard InChI is InChI=1S/C19H24N2/c1-21(2)18-11-9-15(10-12-18)19(20)17-8-7-14-5-3-4-6-16(14)13-17/h7-13,19H,3-6,20H2,1-2H3. The van der Waals surface area contributed by atoms with Crippen LogP contribution >= 0.6 is 0 Å². The van der Waals surface area contributed by atoms with Crippen molar-refractivity contribution in [3.05, 3.63) is 64.7 Å². The van der Waals surface area contributed by atoms with E-state index in [1.165, 1.54) is 53.6 Å². The lowest BCUT2D eigenvalue weighted by atomic mass is 9.88. The van der Waals surface area contributed by atoms with Gasteiger partial charge in [-0.2, -0.15) is 0 Å². The number of rotatable bonds is 3. The van der Waals surface area contributed by atoms with Gasteiger partial charge in [0.05, 0.1) is 6.04 Å². The molecule has 1 aliphatic rings. The molecular formula is C19H24N2. The lowest BCUT2D eigenvalue weighted by molar-refractivity contribution is 0.682. The van der Waals surface area contributed by atoms with Crippen LogP contribution in [0.4, 0.5) is 5.69 Å². The van der Waals surface area contributed by atoms with E-state index < -0.39 is 0 Å². The molecule has 1 atom stereocenters. The molecule has 0 saturated heterocycles. The Kier molecular flexibility index (Phi) is 3.98. The van der Waals surface area contributed by atoms with Gasteiger partial charge in [0.15, 0.2) is 0 Å². The minimum absolute atomic E-state index is 0.0339. The van der Waals surface area contributed by atoms with Gasteiger partial charge in [-0.25, -0.2) is 0 Å². The van der Waals surface area contributed by atoms with Gasteiger partial charge in [0, 0.05) is 19.8 Å². The van der Waals surface area contributed by atoms with E-state index in [2.05, 4.69) is 61.5 Å². The number of aryl methyl sites for hydroxylation is 2. The fourth-order valence-corrected chi connectivity index (χ4v) is 3.12. The Morgan fingerprint density at radius 3 is 2.14 bits per heavy atom. The summed E-state index contributed by atoms with van der Waals surface area (Å²) >= 11 is 0. The van der Waals surface area contributed by atoms with Crippen LogP contribution in [-0.2, 0) is 12.8 Å². The van der Waals surface area contributed by atoms with Crippen molar-refractivity contribution < 1.29 is 0 Å². The molecule has 2 aromatic carbocycles. The highest BCUT2D eigenvalue weighted by Crippen LogP contribution is 2.27. The first-order valence-corrected chi connectivity index (χ1v) is 7.80. The van der Waals surface area contributed by atoms with Crippen LogP contribution in [0.5, 0.6) is 0 Å². The van der Waals surface area contributed by atoms with E-state index in [0.29, 0.717) is 0 Å². The molecule has 0 fully saturated rings. The van der Waals surface area contributed by atoms with Crippen LogP contribution in [0.2, 0.25) is 0 Å². The van der Waals surface area contributed by atoms with Gasteiger partial charge in [0.2, 0.25) is 0 Å². The van der Waals surface area contributed by atoms with E-state index in [1.54, 1.807) is 0 Å². The molecule has 0 heterocycles. The fourth-order valence-electron chi connectivity index (χ4n) is 3.12. The van der Waals surface area contributed by atoms with Crippen LogP contribution in [-0.4, -0.2) is 14.1 Å². The van der Waals surface area contributed by atoms with Crippen LogP contribution in [0, 0.1) is 0 Å². The Morgan fingerprint density at radius 2 is 1.48 bits per heavy atom. The van der Waals surface area contributed by atoms with E-state index in [-0.39, 0.29) is 6.04 Å². The molecule has 1 unspecified atom stereocenters. The topological polar surface area (TPSA) is 29.3 Å². The van der Waals surface area contributed by atoms with Crippen molar-refractivity contribution in [2.45, 2.75) is 31.7 Å². The number of anilines is 1. The normalized spacial score (nSPS) is 15.4. The second-order valence-electron chi connectivity index (χ2n) is 6.20. The average molecular weight is 280 g/mol. The van der Waals surface area contributed by atoms with Gasteiger partial charge in [-0.15, -0.1) is 0 Å². The number of hydrogen-bond donors (Lipinski definition) is 1. The third-order valence-corrected chi connectivity index (χ3v) is 4.50. The molecule has 0 aromatic heterocycles. The summed E-state index contributed by atoms with van der Waals surface area (Å²) < 4.78 is 0. The smallest absolute Gasteiger partial charge is 0.0551 e. The Hall–Kier alpha value is -1.80. The van der Waals surface area contributed by atoms with E-state index in [1.807, 2.05) is 0 Å². The molecule has 0 bridgehead atoms. The predicted molar refractivity (Wildman–Crippen MR) is 89.9 cm³/mol. The molecule has 1 aliphatic carbocycles. The summed E-state index contributed by atoms with van der Waals surface area (Å²) in [6.45, 7) is 0. The van der Waals surface area contributed by atoms with Crippen LogP contribution in [0.25, 0.3) is 0 Å². The number of fused-ring (bicyclic) bond motifs is 1. The van der Waals surface area contributed by atoms with Crippen molar-refractivity contribution in [3.8, 4) is 0 Å². The molecule has 3 rings (SSSR count). The maximum Gasteiger partial charge on any atom is 0.0551 e. The van der Waals surface area contributed by atoms with E-state index >= 15 is 0 Å². The maximum absolute atomic E-state index is 6.46. The Balaban J connectivity index is 1.85. The fraction of sp³-hybridized carbons (Fsp3) is 0.368. The molecule has 2 heteroatoms. The molecule has 2 nitrogen and oxygen atoms in total. The highest BCUT2D eigenvalue weighted by Gasteiger charge is 2.14. The average Bonchev–Trinajstić information content (AvgIpc) is 2.54. The third-order valence-electron chi connectivity index (χ3n) is 4.50. The summed E-state index contributed by atoms with van der Waals surface area (Å²) in [5.74, 6) is 0. The van der Waals surface area contributed by atoms with Gasteiger partial charge < -0.3 is 10.6 Å². The van der Waals surface area contributed by atoms with Crippen molar-refractivity contribution in [2.24, 2.45) is 5.73 Å². The largest absolute Gasteiger partial charge is 0.378 e. The van der Waals surface area contributed by atoms with Gasteiger partial charge in [0.25, 0.3) is 0 Å². The quantitative estimate of drug-likeness (QED) is 0.929. The lowest BCUT2D eigenvalue weighted by Crippen LogP contribution is -2.14. The predicted octanol–water partition coefficient (Wildman–Crippen LogP) is 3.68. The minimum Gasteiger partial charge on any atom is -0.378 e. The number of benzene rings is 2. The zero-order valence-electron chi connectivity index (χ0n) is 13.0. The van der Waals surface area contributed by atoms with Gasteiger partial charge in [0.1, 0.15) is 0 Å². The van der Waals surface area contributed by atoms with Gasteiger partial charge >= 0.3 is 0 Å². The van der Waals surface area contributed by atoms with Gasteiger partial charge in [-0.1, -0.05) is 30.3 Å². The zero-order valence-corrected chi connectivity index (χ0v) is 13.0. The van der Waals surface area contributed by atoms with Crippen molar-refractivity contribution in [3.63, 3.8) is 0 Å². The SMILES string of the molecule is CN(C)c1ccc(C(N)c2ccc3c(c2)CCCC3)cc1. The summed E-state index contributed by atoms with van der Waals surface area (Å²) in [6, 6.07) is 15.3. The molecule has 2 N–H and O–H groups in total. The molecule has 0 saturated carbocycles. The highest BCUT2D eigenvalue weighted by atomic mass is 15.1. The number of nitrogens with two attached hydrogens (primary N) is 1. The Morgan fingerprint density at radius 1 is 0.857 bits per heavy atom. The number of nitrogens with zero attached hydrogens (tertiary/aromatic N) is 1. The second kappa shape index (κ2) is 5.90. The summed E-state index contributed by atoms with van der Waals surface area (Å²) in [4.78, 5) is 2.11. The molecule has 110 valence electrons. The Labute approximate surface area is 127 Å². The summed E-state index contributed by atoms with van der Waals surface area (Å²) in [5.41, 5.74) is 13.1. The minimum atomic E-state index is -0.0339. The van der Waals surface area contributed by atoms with Gasteiger partial charge in [-0.05, 0) is 60.1 Å². The van der Waals surface area contributed by atoms with E-state index in [0.717, 1.165) is 0 Å². The molecule has 0 aliphatic heterocycles. The maximum atomic E-state index is 6.46. The molecular weight excluding hydrogens is 256 g/mol. The Bertz CT molecular complexity index is 614. The lowest BCUT2D eigenvalue weighted by Gasteiger charge is -2.20. The zero-order chi connectivity index (χ0) is 14.8. The van der Waals surface area contributed by atoms with Crippen molar-refractivity contribution >= 4 is 5.69 Å². The van der Waals surface area contributed by atoms with Gasteiger partial charge in [-0.3, -0.25) is 0 Å². The van der Waals surface area contributed by atoms with Crippen molar-refractivity contribution in [1.82, 2.24) is 0 Å². The number of hydrogen-bond acceptors (Lipinski definition) is 2. The first-order valence-electron chi connectivity index (χ1n) is 7.80. The van der Waals surface area contributed by atoms with Crippen LogP contribution < -0.4 is 10.6 Å². The molecule has 0 radical (unpaired) electrons. The molecule has 0 spiro atoms. The summed E-state index contributed by atoms with van der Waals surface area (Å²) in [5, 5.41) is 0.